The van der Waals surface area contributed by atoms with Crippen LogP contribution in [0.2, 0.25) is 5.02 Å². The molecule has 0 saturated heterocycles. The molecule has 0 aliphatic rings. The largest absolute Gasteiger partial charge is 0.464 e. The summed E-state index contributed by atoms with van der Waals surface area (Å²) in [5, 5.41) is 4.83. The average Bonchev–Trinajstić information content (AvgIpc) is 3.02. The normalized spacial score (nSPS) is 10.6. The Balaban J connectivity index is 1.57. The first-order valence-corrected chi connectivity index (χ1v) is 8.80. The number of benzene rings is 2. The van der Waals surface area contributed by atoms with Gasteiger partial charge in [0, 0.05) is 21.7 Å². The number of carbonyl (C=O) groups excluding carboxylic acids is 1. The standard InChI is InChI=1S/C19H18ClN3O2S/c1-11-3-8-16-13(10-25-18(16)12(11)2)9-17(24)22-23-19(26)21-15-6-4-14(20)5-7-15/h3-8,10H,9H2,1-2H3,(H,22,24)(H2,21,23,26). The molecule has 3 N–H and O–H groups in total. The highest BCUT2D eigenvalue weighted by Gasteiger charge is 2.13. The number of carbonyl (C=O) groups is 1. The zero-order valence-electron chi connectivity index (χ0n) is 14.4. The number of rotatable bonds is 3. The highest BCUT2D eigenvalue weighted by atomic mass is 35.5. The quantitative estimate of drug-likeness (QED) is 0.462. The second-order valence-electron chi connectivity index (χ2n) is 5.96. The van der Waals surface area contributed by atoms with Crippen LogP contribution in [0.4, 0.5) is 5.69 Å². The molecule has 1 aromatic heterocycles. The fourth-order valence-corrected chi connectivity index (χ4v) is 2.86. The molecule has 0 aliphatic carbocycles. The summed E-state index contributed by atoms with van der Waals surface area (Å²) in [6, 6.07) is 11.1. The van der Waals surface area contributed by atoms with Crippen molar-refractivity contribution in [2.45, 2.75) is 20.3 Å². The molecule has 26 heavy (non-hydrogen) atoms. The number of hydrogen-bond acceptors (Lipinski definition) is 3. The maximum Gasteiger partial charge on any atom is 0.242 e. The van der Waals surface area contributed by atoms with E-state index in [1.807, 2.05) is 26.0 Å². The molecule has 3 aromatic rings. The fourth-order valence-electron chi connectivity index (χ4n) is 2.56. The molecule has 1 amide bonds. The van der Waals surface area contributed by atoms with Crippen molar-refractivity contribution in [1.82, 2.24) is 10.9 Å². The Kier molecular flexibility index (Phi) is 5.44. The van der Waals surface area contributed by atoms with E-state index in [2.05, 4.69) is 16.2 Å². The van der Waals surface area contributed by atoms with E-state index in [0.717, 1.165) is 33.3 Å². The predicted molar refractivity (Wildman–Crippen MR) is 108 cm³/mol. The van der Waals surface area contributed by atoms with E-state index in [1.165, 1.54) is 0 Å². The Hall–Kier alpha value is -2.57. The third-order valence-electron chi connectivity index (χ3n) is 4.11. The van der Waals surface area contributed by atoms with Crippen molar-refractivity contribution in [2.75, 3.05) is 5.32 Å². The topological polar surface area (TPSA) is 66.3 Å². The van der Waals surface area contributed by atoms with Gasteiger partial charge in [0.15, 0.2) is 5.11 Å². The number of amides is 1. The number of hydrazine groups is 1. The molecule has 0 radical (unpaired) electrons. The van der Waals surface area contributed by atoms with Crippen LogP contribution in [0, 0.1) is 13.8 Å². The molecule has 0 aliphatic heterocycles. The molecule has 2 aromatic carbocycles. The second-order valence-corrected chi connectivity index (χ2v) is 6.80. The van der Waals surface area contributed by atoms with Gasteiger partial charge in [0.1, 0.15) is 5.58 Å². The van der Waals surface area contributed by atoms with Crippen LogP contribution in [0.15, 0.2) is 47.1 Å². The lowest BCUT2D eigenvalue weighted by Gasteiger charge is -2.11. The van der Waals surface area contributed by atoms with Crippen LogP contribution in [0.3, 0.4) is 0 Å². The number of furan rings is 1. The van der Waals surface area contributed by atoms with E-state index in [9.17, 15) is 4.79 Å². The zero-order valence-corrected chi connectivity index (χ0v) is 15.9. The molecule has 0 unspecified atom stereocenters. The summed E-state index contributed by atoms with van der Waals surface area (Å²) in [5.41, 5.74) is 9.93. The highest BCUT2D eigenvalue weighted by molar-refractivity contribution is 7.80. The molecule has 0 bridgehead atoms. The average molecular weight is 388 g/mol. The molecular weight excluding hydrogens is 370 g/mol. The summed E-state index contributed by atoms with van der Waals surface area (Å²) in [7, 11) is 0. The Labute approximate surface area is 161 Å². The number of halogens is 1. The van der Waals surface area contributed by atoms with Crippen LogP contribution in [-0.4, -0.2) is 11.0 Å². The van der Waals surface area contributed by atoms with Gasteiger partial charge in [-0.2, -0.15) is 0 Å². The van der Waals surface area contributed by atoms with Crippen molar-refractivity contribution in [1.29, 1.82) is 0 Å². The first kappa shape index (κ1) is 18.2. The van der Waals surface area contributed by atoms with Crippen LogP contribution >= 0.6 is 23.8 Å². The Morgan fingerprint density at radius 2 is 1.85 bits per heavy atom. The minimum atomic E-state index is -0.216. The SMILES string of the molecule is Cc1ccc2c(CC(=O)NNC(=S)Nc3ccc(Cl)cc3)coc2c1C. The first-order chi connectivity index (χ1) is 12.4. The van der Waals surface area contributed by atoms with Gasteiger partial charge in [-0.25, -0.2) is 0 Å². The number of fused-ring (bicyclic) bond motifs is 1. The van der Waals surface area contributed by atoms with Gasteiger partial charge in [-0.05, 0) is 61.5 Å². The lowest BCUT2D eigenvalue weighted by Crippen LogP contribution is -2.44. The first-order valence-electron chi connectivity index (χ1n) is 8.01. The van der Waals surface area contributed by atoms with Crippen molar-refractivity contribution in [3.63, 3.8) is 0 Å². The van der Waals surface area contributed by atoms with E-state index < -0.39 is 0 Å². The molecule has 3 rings (SSSR count). The van der Waals surface area contributed by atoms with Crippen LogP contribution in [0.25, 0.3) is 11.0 Å². The number of hydrogen-bond donors (Lipinski definition) is 3. The number of nitrogens with one attached hydrogen (secondary N) is 3. The van der Waals surface area contributed by atoms with Crippen molar-refractivity contribution in [2.24, 2.45) is 0 Å². The minimum absolute atomic E-state index is 0.187. The van der Waals surface area contributed by atoms with E-state index in [1.54, 1.807) is 30.5 Å². The summed E-state index contributed by atoms with van der Waals surface area (Å²) in [6.45, 7) is 4.04. The van der Waals surface area contributed by atoms with Gasteiger partial charge >= 0.3 is 0 Å². The van der Waals surface area contributed by atoms with Crippen molar-refractivity contribution in [3.05, 3.63) is 64.4 Å². The summed E-state index contributed by atoms with van der Waals surface area (Å²) >= 11 is 11.0. The minimum Gasteiger partial charge on any atom is -0.464 e. The Morgan fingerprint density at radius 3 is 2.58 bits per heavy atom. The molecule has 0 atom stereocenters. The lowest BCUT2D eigenvalue weighted by atomic mass is 10.0. The third kappa shape index (κ3) is 4.15. The van der Waals surface area contributed by atoms with Gasteiger partial charge in [-0.15, -0.1) is 0 Å². The van der Waals surface area contributed by atoms with Crippen LogP contribution < -0.4 is 16.2 Å². The highest BCUT2D eigenvalue weighted by Crippen LogP contribution is 2.26. The van der Waals surface area contributed by atoms with E-state index in [-0.39, 0.29) is 17.4 Å². The summed E-state index contributed by atoms with van der Waals surface area (Å²) in [6.07, 6.45) is 1.81. The van der Waals surface area contributed by atoms with Crippen LogP contribution in [-0.2, 0) is 11.2 Å². The molecule has 134 valence electrons. The van der Waals surface area contributed by atoms with E-state index >= 15 is 0 Å². The smallest absolute Gasteiger partial charge is 0.242 e. The van der Waals surface area contributed by atoms with E-state index in [0.29, 0.717) is 5.02 Å². The predicted octanol–water partition coefficient (Wildman–Crippen LogP) is 4.26. The third-order valence-corrected chi connectivity index (χ3v) is 4.57. The van der Waals surface area contributed by atoms with Crippen molar-refractivity contribution in [3.8, 4) is 0 Å². The van der Waals surface area contributed by atoms with Gasteiger partial charge in [0.05, 0.1) is 12.7 Å². The summed E-state index contributed by atoms with van der Waals surface area (Å²) < 4.78 is 5.63. The van der Waals surface area contributed by atoms with Gasteiger partial charge in [-0.1, -0.05) is 23.7 Å². The Bertz CT molecular complexity index is 967. The number of thiocarbonyl (C=S) groups is 1. The van der Waals surface area contributed by atoms with Gasteiger partial charge in [0.25, 0.3) is 0 Å². The molecule has 1 heterocycles. The van der Waals surface area contributed by atoms with Gasteiger partial charge in [0.2, 0.25) is 5.91 Å². The molecule has 5 nitrogen and oxygen atoms in total. The maximum atomic E-state index is 12.2. The molecule has 0 saturated carbocycles. The maximum absolute atomic E-state index is 12.2. The zero-order chi connectivity index (χ0) is 18.7. The molecular formula is C19H18ClN3O2S. The second kappa shape index (κ2) is 7.76. The van der Waals surface area contributed by atoms with Gasteiger partial charge in [-0.3, -0.25) is 15.6 Å². The number of anilines is 1. The van der Waals surface area contributed by atoms with Crippen LogP contribution in [0.1, 0.15) is 16.7 Å². The van der Waals surface area contributed by atoms with Crippen molar-refractivity contribution >= 4 is 51.5 Å². The monoisotopic (exact) mass is 387 g/mol. The molecule has 7 heteroatoms. The Morgan fingerprint density at radius 1 is 1.12 bits per heavy atom. The molecule has 0 fully saturated rings. The number of aryl methyl sites for hydroxylation is 2. The summed E-state index contributed by atoms with van der Waals surface area (Å²) in [4.78, 5) is 12.2. The van der Waals surface area contributed by atoms with Gasteiger partial charge < -0.3 is 9.73 Å². The fraction of sp³-hybridized carbons (Fsp3) is 0.158. The van der Waals surface area contributed by atoms with Crippen LogP contribution in [0.5, 0.6) is 0 Å². The van der Waals surface area contributed by atoms with Crippen molar-refractivity contribution < 1.29 is 9.21 Å². The summed E-state index contributed by atoms with van der Waals surface area (Å²) in [5.74, 6) is -0.216. The lowest BCUT2D eigenvalue weighted by molar-refractivity contribution is -0.120. The molecule has 0 spiro atoms. The van der Waals surface area contributed by atoms with E-state index in [4.69, 9.17) is 28.2 Å².